The van der Waals surface area contributed by atoms with E-state index < -0.39 is 11.5 Å². The second kappa shape index (κ2) is 16.8. The number of aromatic nitrogens is 1. The largest absolute Gasteiger partial charge is 0.316 e. The minimum absolute atomic E-state index is 0.0262. The molecular formula is C31H35Cl2F2N3. The average Bonchev–Trinajstić information content (AvgIpc) is 2.92. The van der Waals surface area contributed by atoms with Crippen LogP contribution < -0.4 is 10.6 Å². The number of hydrogen-bond acceptors (Lipinski definition) is 3. The van der Waals surface area contributed by atoms with Gasteiger partial charge in [0.1, 0.15) is 0 Å². The van der Waals surface area contributed by atoms with E-state index in [1.165, 1.54) is 6.07 Å². The number of benzene rings is 2. The lowest BCUT2D eigenvalue weighted by Gasteiger charge is -2.34. The summed E-state index contributed by atoms with van der Waals surface area (Å²) in [6.45, 7) is 3.65. The van der Waals surface area contributed by atoms with Crippen molar-refractivity contribution in [2.45, 2.75) is 31.7 Å². The van der Waals surface area contributed by atoms with Crippen LogP contribution in [0, 0.1) is 12.8 Å². The summed E-state index contributed by atoms with van der Waals surface area (Å²) in [6, 6.07) is 20.0. The topological polar surface area (TPSA) is 37.0 Å². The molecule has 202 valence electrons. The molecule has 0 spiro atoms. The molecule has 1 heterocycles. The third kappa shape index (κ3) is 10.4. The van der Waals surface area contributed by atoms with E-state index in [4.69, 9.17) is 23.2 Å². The fourth-order valence-electron chi connectivity index (χ4n) is 3.68. The first-order chi connectivity index (χ1) is 18.1. The zero-order valence-electron chi connectivity index (χ0n) is 22.2. The molecule has 0 saturated heterocycles. The summed E-state index contributed by atoms with van der Waals surface area (Å²) in [5.74, 6) is -2.92. The molecule has 0 fully saturated rings. The second-order valence-electron chi connectivity index (χ2n) is 8.39. The first kappa shape index (κ1) is 33.0. The van der Waals surface area contributed by atoms with Gasteiger partial charge in [0.2, 0.25) is 0 Å². The molecule has 0 bridgehead atoms. The first-order valence-electron chi connectivity index (χ1n) is 11.9. The van der Waals surface area contributed by atoms with Crippen molar-refractivity contribution in [3.8, 4) is 12.8 Å². The number of nitrogens with zero attached hydrogens (tertiary/aromatic N) is 1. The van der Waals surface area contributed by atoms with Crippen molar-refractivity contribution in [2.75, 3.05) is 20.6 Å². The van der Waals surface area contributed by atoms with Crippen molar-refractivity contribution in [3.63, 3.8) is 0 Å². The van der Waals surface area contributed by atoms with Gasteiger partial charge in [0.25, 0.3) is 5.92 Å². The minimum Gasteiger partial charge on any atom is -0.316 e. The molecule has 1 aromatic heterocycles. The highest BCUT2D eigenvalue weighted by Gasteiger charge is 2.36. The first-order valence-corrected chi connectivity index (χ1v) is 12.7. The van der Waals surface area contributed by atoms with E-state index in [-0.39, 0.29) is 5.56 Å². The number of halogens is 4. The van der Waals surface area contributed by atoms with Crippen LogP contribution in [0.25, 0.3) is 0 Å². The highest BCUT2D eigenvalue weighted by molar-refractivity contribution is 6.30. The lowest BCUT2D eigenvalue weighted by atomic mass is 9.80. The van der Waals surface area contributed by atoms with Crippen LogP contribution in [-0.4, -0.2) is 25.6 Å². The van der Waals surface area contributed by atoms with Gasteiger partial charge in [-0.05, 0) is 56.4 Å². The van der Waals surface area contributed by atoms with Crippen LogP contribution in [-0.2, 0) is 17.9 Å². The maximum absolute atomic E-state index is 14.0. The van der Waals surface area contributed by atoms with Crippen molar-refractivity contribution in [1.82, 2.24) is 15.6 Å². The predicted octanol–water partition coefficient (Wildman–Crippen LogP) is 7.71. The maximum Gasteiger partial charge on any atom is 0.270 e. The van der Waals surface area contributed by atoms with Gasteiger partial charge in [-0.3, -0.25) is 4.98 Å². The summed E-state index contributed by atoms with van der Waals surface area (Å²) in [7, 11) is 3.72. The molecule has 1 atom stereocenters. The van der Waals surface area contributed by atoms with Crippen molar-refractivity contribution >= 4 is 23.2 Å². The number of alkyl halides is 2. The Morgan fingerprint density at radius 1 is 1.00 bits per heavy atom. The molecule has 7 heteroatoms. The molecule has 0 saturated carbocycles. The Kier molecular flexibility index (Phi) is 14.6. The van der Waals surface area contributed by atoms with Crippen LogP contribution in [0.15, 0.2) is 96.2 Å². The standard InChI is InChI=1S/C22H21ClF2N2.C7H12ClN.C2H2/c1-21(24,25)17-9-6-10-18(13-17)22(26-2,14-16-7-4-3-5-8-16)20-12-11-19(23)15-27-20;1-7(8)5-3-4-6-9-2;1-2/h3-13,15,26H,14H2,1-2H3;3-5,9H,6H2,1-2H3;1-2H/b;4-3-,7-5+;. The molecular weight excluding hydrogens is 523 g/mol. The lowest BCUT2D eigenvalue weighted by Crippen LogP contribution is -2.44. The molecule has 1 unspecified atom stereocenters. The van der Waals surface area contributed by atoms with Gasteiger partial charge in [0.05, 0.1) is 16.3 Å². The fourth-order valence-corrected chi connectivity index (χ4v) is 3.86. The van der Waals surface area contributed by atoms with Gasteiger partial charge in [0, 0.05) is 36.7 Å². The molecule has 0 aliphatic rings. The molecule has 0 aliphatic carbocycles. The van der Waals surface area contributed by atoms with Crippen LogP contribution >= 0.6 is 23.2 Å². The van der Waals surface area contributed by atoms with Crippen LogP contribution in [0.1, 0.15) is 36.2 Å². The Morgan fingerprint density at radius 2 is 1.66 bits per heavy atom. The Morgan fingerprint density at radius 3 is 2.18 bits per heavy atom. The maximum atomic E-state index is 14.0. The van der Waals surface area contributed by atoms with Gasteiger partial charge in [0.15, 0.2) is 0 Å². The van der Waals surface area contributed by atoms with Gasteiger partial charge in [-0.1, -0.05) is 83.9 Å². The quantitative estimate of drug-likeness (QED) is 0.209. The SMILES string of the molecule is C#C.CNC(Cc1ccccc1)(c1cccc(C(C)(F)F)c1)c1ccc(Cl)cn1.CNC/C=C\C=C(/C)Cl. The summed E-state index contributed by atoms with van der Waals surface area (Å²) in [5, 5.41) is 7.66. The van der Waals surface area contributed by atoms with Gasteiger partial charge in [-0.2, -0.15) is 0 Å². The molecule has 2 aromatic carbocycles. The summed E-state index contributed by atoms with van der Waals surface area (Å²) >= 11 is 11.6. The summed E-state index contributed by atoms with van der Waals surface area (Å²) in [5.41, 5.74) is 1.71. The number of rotatable bonds is 9. The van der Waals surface area contributed by atoms with Crippen LogP contribution in [0.4, 0.5) is 8.78 Å². The monoisotopic (exact) mass is 557 g/mol. The van der Waals surface area contributed by atoms with E-state index in [2.05, 4.69) is 28.5 Å². The Bertz CT molecular complexity index is 1170. The Balaban J connectivity index is 0.000000559. The van der Waals surface area contributed by atoms with Crippen molar-refractivity contribution in [2.24, 2.45) is 0 Å². The van der Waals surface area contributed by atoms with Gasteiger partial charge < -0.3 is 10.6 Å². The predicted molar refractivity (Wildman–Crippen MR) is 158 cm³/mol. The van der Waals surface area contributed by atoms with Crippen molar-refractivity contribution in [1.29, 1.82) is 0 Å². The molecule has 3 aromatic rings. The number of terminal acetylenes is 1. The molecule has 3 nitrogen and oxygen atoms in total. The Labute approximate surface area is 236 Å². The van der Waals surface area contributed by atoms with E-state index in [9.17, 15) is 8.78 Å². The normalized spacial score (nSPS) is 13.1. The van der Waals surface area contributed by atoms with Gasteiger partial charge in [-0.25, -0.2) is 8.78 Å². The minimum atomic E-state index is -2.92. The molecule has 38 heavy (non-hydrogen) atoms. The Hall–Kier alpha value is -3.01. The van der Waals surface area contributed by atoms with E-state index >= 15 is 0 Å². The molecule has 2 N–H and O–H groups in total. The number of nitrogens with one attached hydrogen (secondary N) is 2. The van der Waals surface area contributed by atoms with Crippen molar-refractivity contribution in [3.05, 3.63) is 124 Å². The fraction of sp³-hybridized carbons (Fsp3) is 0.258. The smallest absolute Gasteiger partial charge is 0.270 e. The third-order valence-electron chi connectivity index (χ3n) is 5.55. The lowest BCUT2D eigenvalue weighted by molar-refractivity contribution is 0.0173. The van der Waals surface area contributed by atoms with Crippen LogP contribution in [0.3, 0.4) is 0 Å². The molecule has 0 amide bonds. The molecule has 3 rings (SSSR count). The van der Waals surface area contributed by atoms with Crippen molar-refractivity contribution < 1.29 is 8.78 Å². The number of allylic oxidation sites excluding steroid dienone is 3. The number of pyridine rings is 1. The third-order valence-corrected chi connectivity index (χ3v) is 5.90. The summed E-state index contributed by atoms with van der Waals surface area (Å²) < 4.78 is 27.9. The number of likely N-dealkylation sites (N-methyl/N-ethyl adjacent to an activating group) is 2. The van der Waals surface area contributed by atoms with E-state index in [0.29, 0.717) is 11.4 Å². The van der Waals surface area contributed by atoms with Gasteiger partial charge >= 0.3 is 0 Å². The van der Waals surface area contributed by atoms with E-state index in [0.717, 1.165) is 35.3 Å². The molecule has 0 aliphatic heterocycles. The number of hydrogen-bond donors (Lipinski definition) is 2. The summed E-state index contributed by atoms with van der Waals surface area (Å²) in [6.07, 6.45) is 15.9. The highest BCUT2D eigenvalue weighted by Crippen LogP contribution is 2.36. The average molecular weight is 559 g/mol. The zero-order valence-corrected chi connectivity index (χ0v) is 23.7. The molecule has 0 radical (unpaired) electrons. The zero-order chi connectivity index (χ0) is 28.6. The highest BCUT2D eigenvalue weighted by atomic mass is 35.5. The van der Waals surface area contributed by atoms with Crippen LogP contribution in [0.2, 0.25) is 5.02 Å². The second-order valence-corrected chi connectivity index (χ2v) is 9.42. The van der Waals surface area contributed by atoms with Crippen LogP contribution in [0.5, 0.6) is 0 Å². The van der Waals surface area contributed by atoms with E-state index in [1.54, 1.807) is 24.4 Å². The van der Waals surface area contributed by atoms with E-state index in [1.807, 2.05) is 81.7 Å². The van der Waals surface area contributed by atoms with Gasteiger partial charge in [-0.15, -0.1) is 12.8 Å². The summed E-state index contributed by atoms with van der Waals surface area (Å²) in [4.78, 5) is 4.50.